The van der Waals surface area contributed by atoms with Gasteiger partial charge in [0.05, 0.1) is 33.0 Å². The molecule has 1 unspecified atom stereocenters. The smallest absolute Gasteiger partial charge is 0.124 e. The summed E-state index contributed by atoms with van der Waals surface area (Å²) in [5, 5.41) is 8.73. The van der Waals surface area contributed by atoms with Crippen LogP contribution in [0.1, 0.15) is 24.0 Å². The van der Waals surface area contributed by atoms with E-state index in [2.05, 4.69) is 11.8 Å². The monoisotopic (exact) mass is 276 g/mol. The van der Waals surface area contributed by atoms with Crippen LogP contribution in [0.15, 0.2) is 18.2 Å². The molecule has 1 aliphatic heterocycles. The zero-order chi connectivity index (χ0) is 14.2. The minimum atomic E-state index is 0.0841. The Morgan fingerprint density at radius 1 is 1.45 bits per heavy atom. The number of benzene rings is 1. The van der Waals surface area contributed by atoms with Crippen LogP contribution < -0.4 is 4.74 Å². The fourth-order valence-electron chi connectivity index (χ4n) is 2.04. The summed E-state index contributed by atoms with van der Waals surface area (Å²) >= 11 is 0. The van der Waals surface area contributed by atoms with Gasteiger partial charge >= 0.3 is 0 Å². The van der Waals surface area contributed by atoms with Crippen LogP contribution >= 0.6 is 0 Å². The minimum absolute atomic E-state index is 0.0841. The maximum Gasteiger partial charge on any atom is 0.124 e. The van der Waals surface area contributed by atoms with E-state index in [1.165, 1.54) is 0 Å². The van der Waals surface area contributed by atoms with Gasteiger partial charge in [-0.3, -0.25) is 0 Å². The molecule has 1 aromatic carbocycles. The Kier molecular flexibility index (Phi) is 5.87. The van der Waals surface area contributed by atoms with Crippen molar-refractivity contribution in [2.75, 3.05) is 26.9 Å². The molecule has 2 rings (SSSR count). The van der Waals surface area contributed by atoms with Gasteiger partial charge in [0.2, 0.25) is 0 Å². The Morgan fingerprint density at radius 2 is 2.35 bits per heavy atom. The van der Waals surface area contributed by atoms with Crippen LogP contribution in [0.2, 0.25) is 0 Å². The number of hydrogen-bond donors (Lipinski definition) is 1. The van der Waals surface area contributed by atoms with Gasteiger partial charge in [-0.05, 0) is 24.6 Å². The molecule has 0 aromatic heterocycles. The Hall–Kier alpha value is -1.54. The third-order valence-corrected chi connectivity index (χ3v) is 3.11. The van der Waals surface area contributed by atoms with Gasteiger partial charge < -0.3 is 19.3 Å². The first-order valence-electron chi connectivity index (χ1n) is 6.79. The molecule has 1 aliphatic rings. The standard InChI is InChI=1S/C16H20O4/c1-18-16-6-5-13(4-2-3-8-17)10-14(16)11-20-15-7-9-19-12-15/h5-6,10,15,17H,3,7-9,11-12H2,1H3. The average molecular weight is 276 g/mol. The molecule has 1 aromatic rings. The summed E-state index contributed by atoms with van der Waals surface area (Å²) in [5.74, 6) is 6.73. The van der Waals surface area contributed by atoms with Gasteiger partial charge in [0.15, 0.2) is 0 Å². The normalized spacial score (nSPS) is 17.6. The first-order chi connectivity index (χ1) is 9.83. The molecule has 0 spiro atoms. The number of aliphatic hydroxyl groups excluding tert-OH is 1. The van der Waals surface area contributed by atoms with Gasteiger partial charge in [-0.2, -0.15) is 0 Å². The molecule has 0 bridgehead atoms. The maximum atomic E-state index is 8.73. The highest BCUT2D eigenvalue weighted by atomic mass is 16.5. The Balaban J connectivity index is 2.04. The number of ether oxygens (including phenoxy) is 3. The Bertz CT molecular complexity index is 481. The zero-order valence-electron chi connectivity index (χ0n) is 11.7. The first kappa shape index (κ1) is 14.9. The summed E-state index contributed by atoms with van der Waals surface area (Å²) in [5.41, 5.74) is 1.88. The maximum absolute atomic E-state index is 8.73. The van der Waals surface area contributed by atoms with Gasteiger partial charge in [-0.25, -0.2) is 0 Å². The van der Waals surface area contributed by atoms with Crippen molar-refractivity contribution in [3.05, 3.63) is 29.3 Å². The summed E-state index contributed by atoms with van der Waals surface area (Å²) in [7, 11) is 1.65. The van der Waals surface area contributed by atoms with Gasteiger partial charge in [0.25, 0.3) is 0 Å². The molecule has 0 saturated carbocycles. The van der Waals surface area contributed by atoms with Gasteiger partial charge in [-0.15, -0.1) is 0 Å². The van der Waals surface area contributed by atoms with E-state index in [9.17, 15) is 0 Å². The van der Waals surface area contributed by atoms with E-state index in [1.807, 2.05) is 18.2 Å². The van der Waals surface area contributed by atoms with Crippen molar-refractivity contribution in [2.24, 2.45) is 0 Å². The van der Waals surface area contributed by atoms with Crippen molar-refractivity contribution in [1.29, 1.82) is 0 Å². The minimum Gasteiger partial charge on any atom is -0.496 e. The topological polar surface area (TPSA) is 47.9 Å². The molecular formula is C16H20O4. The second-order valence-electron chi connectivity index (χ2n) is 4.60. The van der Waals surface area contributed by atoms with Crippen molar-refractivity contribution in [3.63, 3.8) is 0 Å². The van der Waals surface area contributed by atoms with Crippen molar-refractivity contribution in [2.45, 2.75) is 25.6 Å². The molecule has 1 N–H and O–H groups in total. The van der Waals surface area contributed by atoms with Crippen LogP contribution in [-0.4, -0.2) is 38.1 Å². The molecule has 4 heteroatoms. The fraction of sp³-hybridized carbons (Fsp3) is 0.500. The molecule has 0 amide bonds. The van der Waals surface area contributed by atoms with E-state index in [4.69, 9.17) is 19.3 Å². The molecule has 1 fully saturated rings. The van der Waals surface area contributed by atoms with Crippen molar-refractivity contribution < 1.29 is 19.3 Å². The lowest BCUT2D eigenvalue weighted by atomic mass is 10.1. The van der Waals surface area contributed by atoms with E-state index < -0.39 is 0 Å². The second-order valence-corrected chi connectivity index (χ2v) is 4.60. The highest BCUT2D eigenvalue weighted by Gasteiger charge is 2.16. The molecule has 1 atom stereocenters. The summed E-state index contributed by atoms with van der Waals surface area (Å²) in [4.78, 5) is 0. The zero-order valence-corrected chi connectivity index (χ0v) is 11.7. The van der Waals surface area contributed by atoms with Crippen molar-refractivity contribution in [3.8, 4) is 17.6 Å². The molecular weight excluding hydrogens is 256 g/mol. The summed E-state index contributed by atoms with van der Waals surface area (Å²) in [6, 6.07) is 5.78. The second kappa shape index (κ2) is 7.91. The van der Waals surface area contributed by atoms with Gasteiger partial charge in [-0.1, -0.05) is 11.8 Å². The summed E-state index contributed by atoms with van der Waals surface area (Å²) in [6.45, 7) is 2.01. The van der Waals surface area contributed by atoms with Crippen LogP contribution in [0.25, 0.3) is 0 Å². The van der Waals surface area contributed by atoms with Gasteiger partial charge in [0.1, 0.15) is 5.75 Å². The lowest BCUT2D eigenvalue weighted by Gasteiger charge is -2.13. The first-order valence-corrected chi connectivity index (χ1v) is 6.79. The summed E-state index contributed by atoms with van der Waals surface area (Å²) in [6.07, 6.45) is 1.60. The molecule has 0 aliphatic carbocycles. The number of rotatable bonds is 5. The molecule has 4 nitrogen and oxygen atoms in total. The third kappa shape index (κ3) is 4.24. The van der Waals surface area contributed by atoms with E-state index in [1.54, 1.807) is 7.11 Å². The Labute approximate surface area is 119 Å². The largest absolute Gasteiger partial charge is 0.496 e. The number of aliphatic hydroxyl groups is 1. The lowest BCUT2D eigenvalue weighted by molar-refractivity contribution is 0.0309. The Morgan fingerprint density at radius 3 is 3.05 bits per heavy atom. The predicted molar refractivity (Wildman–Crippen MR) is 75.6 cm³/mol. The van der Waals surface area contributed by atoms with Gasteiger partial charge in [0, 0.05) is 24.2 Å². The quantitative estimate of drug-likeness (QED) is 0.832. The van der Waals surface area contributed by atoms with Crippen molar-refractivity contribution in [1.82, 2.24) is 0 Å². The van der Waals surface area contributed by atoms with E-state index in [0.29, 0.717) is 19.6 Å². The number of hydrogen-bond acceptors (Lipinski definition) is 4. The van der Waals surface area contributed by atoms with E-state index >= 15 is 0 Å². The van der Waals surface area contributed by atoms with Crippen LogP contribution in [0.4, 0.5) is 0 Å². The fourth-order valence-corrected chi connectivity index (χ4v) is 2.04. The average Bonchev–Trinajstić information content (AvgIpc) is 2.99. The molecule has 1 heterocycles. The lowest BCUT2D eigenvalue weighted by Crippen LogP contribution is -2.12. The summed E-state index contributed by atoms with van der Waals surface area (Å²) < 4.78 is 16.4. The molecule has 1 saturated heterocycles. The molecule has 0 radical (unpaired) electrons. The van der Waals surface area contributed by atoms with Crippen LogP contribution in [0.5, 0.6) is 5.75 Å². The highest BCUT2D eigenvalue weighted by molar-refractivity contribution is 5.44. The van der Waals surface area contributed by atoms with Crippen LogP contribution in [0, 0.1) is 11.8 Å². The van der Waals surface area contributed by atoms with Crippen LogP contribution in [-0.2, 0) is 16.1 Å². The van der Waals surface area contributed by atoms with Crippen molar-refractivity contribution >= 4 is 0 Å². The SMILES string of the molecule is COc1ccc(C#CCCO)cc1COC1CCOC1. The molecule has 108 valence electrons. The highest BCUT2D eigenvalue weighted by Crippen LogP contribution is 2.22. The predicted octanol–water partition coefficient (Wildman–Crippen LogP) is 1.73. The van der Waals surface area contributed by atoms with E-state index in [0.717, 1.165) is 29.9 Å². The van der Waals surface area contributed by atoms with E-state index in [-0.39, 0.29) is 12.7 Å². The molecule has 20 heavy (non-hydrogen) atoms. The third-order valence-electron chi connectivity index (χ3n) is 3.11. The number of methoxy groups -OCH3 is 1. The van der Waals surface area contributed by atoms with Crippen LogP contribution in [0.3, 0.4) is 0 Å².